The number of dihydropyridines is 1. The van der Waals surface area contributed by atoms with Crippen molar-refractivity contribution in [2.75, 3.05) is 29.9 Å². The van der Waals surface area contributed by atoms with Gasteiger partial charge in [0.1, 0.15) is 11.5 Å². The molecular formula is C19H29F2N5S. The minimum absolute atomic E-state index is 0.0859. The molecule has 0 saturated carbocycles. The third-order valence-electron chi connectivity index (χ3n) is 3.67. The van der Waals surface area contributed by atoms with Gasteiger partial charge in [-0.25, -0.2) is 8.78 Å². The van der Waals surface area contributed by atoms with E-state index in [-0.39, 0.29) is 17.5 Å². The van der Waals surface area contributed by atoms with E-state index in [1.807, 2.05) is 39.2 Å². The number of hydrogen-bond donors (Lipinski definition) is 5. The Balaban J connectivity index is 0.00000176. The molecule has 1 unspecified atom stereocenters. The number of benzene rings is 1. The third kappa shape index (κ3) is 6.89. The predicted octanol–water partition coefficient (Wildman–Crippen LogP) is 3.91. The van der Waals surface area contributed by atoms with Crippen molar-refractivity contribution in [2.24, 2.45) is 5.73 Å². The summed E-state index contributed by atoms with van der Waals surface area (Å²) in [6, 6.07) is 2.66. The molecule has 0 aromatic heterocycles. The molecule has 1 aromatic carbocycles. The van der Waals surface area contributed by atoms with Crippen molar-refractivity contribution in [2.45, 2.75) is 26.4 Å². The molecule has 1 aromatic rings. The Morgan fingerprint density at radius 1 is 1.33 bits per heavy atom. The summed E-state index contributed by atoms with van der Waals surface area (Å²) in [5, 5.41) is 9.00. The Kier molecular flexibility index (Phi) is 10.5. The number of hydrogen-bond acceptors (Lipinski definition) is 6. The number of nitrogens with two attached hydrogens (primary N) is 1. The summed E-state index contributed by atoms with van der Waals surface area (Å²) in [4.78, 5) is 0. The normalized spacial score (nSPS) is 16.0. The van der Waals surface area contributed by atoms with Gasteiger partial charge in [-0.3, -0.25) is 5.32 Å². The van der Waals surface area contributed by atoms with Gasteiger partial charge in [-0.2, -0.15) is 0 Å². The van der Waals surface area contributed by atoms with Gasteiger partial charge in [-0.15, -0.1) is 0 Å². The zero-order chi connectivity index (χ0) is 20.2. The molecule has 1 atom stereocenters. The highest BCUT2D eigenvalue weighted by Crippen LogP contribution is 2.28. The van der Waals surface area contributed by atoms with Gasteiger partial charge in [0, 0.05) is 18.2 Å². The average Bonchev–Trinajstić information content (AvgIpc) is 2.71. The molecule has 0 spiro atoms. The van der Waals surface area contributed by atoms with Crippen LogP contribution < -0.4 is 26.4 Å². The molecule has 1 aliphatic heterocycles. The van der Waals surface area contributed by atoms with Crippen molar-refractivity contribution >= 4 is 23.3 Å². The van der Waals surface area contributed by atoms with Crippen molar-refractivity contribution in [1.29, 1.82) is 0 Å². The number of nitrogens with one attached hydrogen (secondary N) is 4. The van der Waals surface area contributed by atoms with Crippen LogP contribution in [0.2, 0.25) is 0 Å². The zero-order valence-corrected chi connectivity index (χ0v) is 17.0. The lowest BCUT2D eigenvalue weighted by Crippen LogP contribution is -2.36. The molecule has 0 bridgehead atoms. The first-order valence-corrected chi connectivity index (χ1v) is 9.74. The topological polar surface area (TPSA) is 74.1 Å². The number of likely N-dealkylation sites (N-methyl/N-ethyl adjacent to an activating group) is 1. The molecule has 0 aliphatic carbocycles. The van der Waals surface area contributed by atoms with Crippen LogP contribution in [0, 0.1) is 11.6 Å². The highest BCUT2D eigenvalue weighted by Gasteiger charge is 2.13. The summed E-state index contributed by atoms with van der Waals surface area (Å²) < 4.78 is 31.4. The Bertz CT molecular complexity index is 689. The lowest BCUT2D eigenvalue weighted by atomic mass is 10.1. The average molecular weight is 398 g/mol. The van der Waals surface area contributed by atoms with Gasteiger partial charge in [0.25, 0.3) is 0 Å². The molecule has 8 heteroatoms. The Morgan fingerprint density at radius 2 is 2.07 bits per heavy atom. The van der Waals surface area contributed by atoms with Crippen LogP contribution >= 0.6 is 11.9 Å². The van der Waals surface area contributed by atoms with E-state index in [0.29, 0.717) is 0 Å². The first-order valence-electron chi connectivity index (χ1n) is 8.75. The van der Waals surface area contributed by atoms with Crippen LogP contribution in [0.15, 0.2) is 47.8 Å². The number of rotatable bonds is 8. The van der Waals surface area contributed by atoms with Crippen LogP contribution in [0.4, 0.5) is 20.2 Å². The van der Waals surface area contributed by atoms with Gasteiger partial charge in [0.05, 0.1) is 11.9 Å². The van der Waals surface area contributed by atoms with Gasteiger partial charge in [-0.1, -0.05) is 24.9 Å². The molecule has 6 N–H and O–H groups in total. The largest absolute Gasteiger partial charge is 0.372 e. The van der Waals surface area contributed by atoms with Gasteiger partial charge in [0.2, 0.25) is 0 Å². The van der Waals surface area contributed by atoms with Crippen LogP contribution in [0.3, 0.4) is 0 Å². The molecule has 1 aliphatic rings. The lowest BCUT2D eigenvalue weighted by Gasteiger charge is -2.18. The van der Waals surface area contributed by atoms with Crippen molar-refractivity contribution in [3.8, 4) is 0 Å². The summed E-state index contributed by atoms with van der Waals surface area (Å²) >= 11 is 1.40. The smallest absolute Gasteiger partial charge is 0.173 e. The van der Waals surface area contributed by atoms with Crippen LogP contribution in [-0.4, -0.2) is 26.0 Å². The highest BCUT2D eigenvalue weighted by atomic mass is 32.2. The van der Waals surface area contributed by atoms with Gasteiger partial charge in [0.15, 0.2) is 5.82 Å². The summed E-state index contributed by atoms with van der Waals surface area (Å²) in [5.74, 6) is -0.414. The summed E-state index contributed by atoms with van der Waals surface area (Å²) in [6.07, 6.45) is 8.45. The van der Waals surface area contributed by atoms with Crippen molar-refractivity contribution in [3.05, 3.63) is 59.5 Å². The molecular weight excluding hydrogens is 368 g/mol. The maximum absolute atomic E-state index is 14.5. The molecule has 0 saturated heterocycles. The van der Waals surface area contributed by atoms with E-state index in [0.717, 1.165) is 23.3 Å². The third-order valence-corrected chi connectivity index (χ3v) is 4.64. The van der Waals surface area contributed by atoms with Gasteiger partial charge in [-0.05, 0) is 56.8 Å². The van der Waals surface area contributed by atoms with E-state index >= 15 is 0 Å². The summed E-state index contributed by atoms with van der Waals surface area (Å²) in [6.45, 7) is 3.91. The molecule has 0 fully saturated rings. The standard InChI is InChI=1S/C18H24F2N4S.CH5N/c1-4-9-25-24-15-7-6-14(19)18(17(15)20)23-10-12(2)13-5-8-16(21-3)22-11-13;1-2/h5-8,10-11,16,21-24H,4,9H2,1-3H3;2H2,1H3/b12-10+;. The Labute approximate surface area is 164 Å². The van der Waals surface area contributed by atoms with Crippen LogP contribution in [0.25, 0.3) is 0 Å². The SMILES string of the molecule is CCCSNc1ccc(F)c(N/C=C(\C)C2=CNC(NC)C=C2)c1F.CN. The van der Waals surface area contributed by atoms with E-state index in [1.165, 1.54) is 31.1 Å². The molecule has 5 nitrogen and oxygen atoms in total. The van der Waals surface area contributed by atoms with E-state index in [9.17, 15) is 8.78 Å². The molecule has 0 radical (unpaired) electrons. The summed E-state index contributed by atoms with van der Waals surface area (Å²) in [5.41, 5.74) is 6.40. The van der Waals surface area contributed by atoms with Crippen LogP contribution in [-0.2, 0) is 0 Å². The van der Waals surface area contributed by atoms with Crippen molar-refractivity contribution < 1.29 is 8.78 Å². The maximum atomic E-state index is 14.5. The van der Waals surface area contributed by atoms with Gasteiger partial charge < -0.3 is 21.1 Å². The molecule has 0 amide bonds. The maximum Gasteiger partial charge on any atom is 0.173 e. The van der Waals surface area contributed by atoms with Gasteiger partial charge >= 0.3 is 0 Å². The second-order valence-corrected chi connectivity index (χ2v) is 6.50. The first kappa shape index (κ1) is 23.0. The second-order valence-electron chi connectivity index (χ2n) is 5.60. The summed E-state index contributed by atoms with van der Waals surface area (Å²) in [7, 11) is 3.36. The minimum Gasteiger partial charge on any atom is -0.372 e. The zero-order valence-electron chi connectivity index (χ0n) is 16.2. The van der Waals surface area contributed by atoms with E-state index in [1.54, 1.807) is 6.20 Å². The Morgan fingerprint density at radius 3 is 2.67 bits per heavy atom. The number of anilines is 2. The van der Waals surface area contributed by atoms with E-state index in [4.69, 9.17) is 0 Å². The fourth-order valence-electron chi connectivity index (χ4n) is 2.17. The monoisotopic (exact) mass is 397 g/mol. The second kappa shape index (κ2) is 12.4. The van der Waals surface area contributed by atoms with E-state index < -0.39 is 11.6 Å². The highest BCUT2D eigenvalue weighted by molar-refractivity contribution is 8.00. The fraction of sp³-hybridized carbons (Fsp3) is 0.368. The molecule has 27 heavy (non-hydrogen) atoms. The lowest BCUT2D eigenvalue weighted by molar-refractivity contribution is 0.593. The molecule has 150 valence electrons. The molecule has 1 heterocycles. The number of allylic oxidation sites excluding steroid dienone is 3. The van der Waals surface area contributed by atoms with Crippen molar-refractivity contribution in [3.63, 3.8) is 0 Å². The quantitative estimate of drug-likeness (QED) is 0.338. The minimum atomic E-state index is -0.630. The predicted molar refractivity (Wildman–Crippen MR) is 113 cm³/mol. The Hall–Kier alpha value is -2.03. The van der Waals surface area contributed by atoms with Crippen LogP contribution in [0.1, 0.15) is 20.3 Å². The first-order chi connectivity index (χ1) is 13.1. The van der Waals surface area contributed by atoms with E-state index in [2.05, 4.69) is 26.4 Å². The molecule has 2 rings (SSSR count). The van der Waals surface area contributed by atoms with Crippen molar-refractivity contribution in [1.82, 2.24) is 10.6 Å². The number of halogens is 2. The van der Waals surface area contributed by atoms with Crippen LogP contribution in [0.5, 0.6) is 0 Å². The fourth-order valence-corrected chi connectivity index (χ4v) is 2.79.